The van der Waals surface area contributed by atoms with Crippen LogP contribution in [0.15, 0.2) is 0 Å². The first-order valence-corrected chi connectivity index (χ1v) is 7.94. The van der Waals surface area contributed by atoms with Crippen molar-refractivity contribution < 1.29 is 9.53 Å². The first-order valence-electron chi connectivity index (χ1n) is 7.94. The normalized spacial score (nSPS) is 22.3. The molecule has 1 N–H and O–H groups in total. The second kappa shape index (κ2) is 8.54. The number of ether oxygens (including phenoxy) is 1. The van der Waals surface area contributed by atoms with Crippen molar-refractivity contribution in [3.63, 3.8) is 0 Å². The highest BCUT2D eigenvalue weighted by Crippen LogP contribution is 2.10. The largest absolute Gasteiger partial charge is 0.381 e. The van der Waals surface area contributed by atoms with Crippen molar-refractivity contribution in [2.75, 3.05) is 32.8 Å². The third kappa shape index (κ3) is 5.91. The fourth-order valence-corrected chi connectivity index (χ4v) is 2.95. The molecule has 0 aromatic heterocycles. The Kier molecular flexibility index (Phi) is 6.65. The summed E-state index contributed by atoms with van der Waals surface area (Å²) in [7, 11) is 0. The fourth-order valence-electron chi connectivity index (χ4n) is 2.95. The van der Waals surface area contributed by atoms with Gasteiger partial charge in [-0.25, -0.2) is 0 Å². The molecule has 2 aliphatic heterocycles. The lowest BCUT2D eigenvalue weighted by molar-refractivity contribution is -0.122. The van der Waals surface area contributed by atoms with Crippen molar-refractivity contribution in [3.05, 3.63) is 0 Å². The van der Waals surface area contributed by atoms with Gasteiger partial charge in [0.05, 0.1) is 0 Å². The van der Waals surface area contributed by atoms with Crippen molar-refractivity contribution in [1.29, 1.82) is 0 Å². The Bertz CT molecular complexity index is 259. The van der Waals surface area contributed by atoms with E-state index >= 15 is 0 Å². The number of nitrogens with zero attached hydrogens (tertiary/aromatic N) is 1. The van der Waals surface area contributed by atoms with Crippen LogP contribution in [0.5, 0.6) is 0 Å². The highest BCUT2D eigenvalue weighted by molar-refractivity contribution is 5.76. The maximum Gasteiger partial charge on any atom is 0.220 e. The van der Waals surface area contributed by atoms with Crippen LogP contribution in [0, 0.1) is 0 Å². The second-order valence-electron chi connectivity index (χ2n) is 5.81. The lowest BCUT2D eigenvalue weighted by atomic mass is 10.1. The summed E-state index contributed by atoms with van der Waals surface area (Å²) < 4.78 is 5.29. The molecule has 0 spiro atoms. The minimum atomic E-state index is 0.227. The van der Waals surface area contributed by atoms with Crippen molar-refractivity contribution in [2.45, 2.75) is 57.4 Å². The summed E-state index contributed by atoms with van der Waals surface area (Å²) in [4.78, 5) is 14.3. The maximum atomic E-state index is 11.8. The summed E-state index contributed by atoms with van der Waals surface area (Å²) >= 11 is 0. The first-order chi connectivity index (χ1) is 9.34. The van der Waals surface area contributed by atoms with Gasteiger partial charge < -0.3 is 15.0 Å². The van der Waals surface area contributed by atoms with E-state index in [1.807, 2.05) is 0 Å². The quantitative estimate of drug-likeness (QED) is 0.749. The van der Waals surface area contributed by atoms with Gasteiger partial charge in [0.2, 0.25) is 5.91 Å². The molecule has 0 atom stereocenters. The van der Waals surface area contributed by atoms with Gasteiger partial charge in [-0.1, -0.05) is 6.42 Å². The van der Waals surface area contributed by atoms with E-state index in [2.05, 4.69) is 10.2 Å². The number of unbranched alkanes of at least 4 members (excludes halogenated alkanes) is 1. The van der Waals surface area contributed by atoms with E-state index in [4.69, 9.17) is 4.74 Å². The number of likely N-dealkylation sites (tertiary alicyclic amines) is 1. The third-order valence-corrected chi connectivity index (χ3v) is 4.16. The SMILES string of the molecule is O=C(CCCCN1CCCCC1)NC1CCOCC1. The summed E-state index contributed by atoms with van der Waals surface area (Å²) in [5.41, 5.74) is 0. The van der Waals surface area contributed by atoms with Crippen LogP contribution in [0.25, 0.3) is 0 Å². The molecule has 0 unspecified atom stereocenters. The average Bonchev–Trinajstić information content (AvgIpc) is 2.46. The van der Waals surface area contributed by atoms with Crippen molar-refractivity contribution in [1.82, 2.24) is 10.2 Å². The van der Waals surface area contributed by atoms with Gasteiger partial charge in [-0.15, -0.1) is 0 Å². The zero-order chi connectivity index (χ0) is 13.3. The van der Waals surface area contributed by atoms with Crippen molar-refractivity contribution >= 4 is 5.91 Å². The summed E-state index contributed by atoms with van der Waals surface area (Å²) in [6.07, 6.45) is 8.90. The van der Waals surface area contributed by atoms with E-state index < -0.39 is 0 Å². The summed E-state index contributed by atoms with van der Waals surface area (Å²) in [6.45, 7) is 5.27. The molecule has 0 aromatic rings. The minimum absolute atomic E-state index is 0.227. The zero-order valence-corrected chi connectivity index (χ0v) is 12.0. The number of hydrogen-bond donors (Lipinski definition) is 1. The van der Waals surface area contributed by atoms with E-state index in [1.54, 1.807) is 0 Å². The van der Waals surface area contributed by atoms with Crippen LogP contribution in [-0.2, 0) is 9.53 Å². The average molecular weight is 268 g/mol. The summed E-state index contributed by atoms with van der Waals surface area (Å²) in [5, 5.41) is 3.12. The first kappa shape index (κ1) is 14.8. The van der Waals surface area contributed by atoms with Crippen molar-refractivity contribution in [3.8, 4) is 0 Å². The van der Waals surface area contributed by atoms with Crippen LogP contribution in [-0.4, -0.2) is 49.7 Å². The Morgan fingerprint density at radius 3 is 2.58 bits per heavy atom. The van der Waals surface area contributed by atoms with Crippen molar-refractivity contribution in [2.24, 2.45) is 0 Å². The molecule has 4 heteroatoms. The number of amides is 1. The molecule has 2 aliphatic rings. The molecule has 0 bridgehead atoms. The number of piperidine rings is 1. The Morgan fingerprint density at radius 2 is 1.84 bits per heavy atom. The smallest absolute Gasteiger partial charge is 0.220 e. The number of hydrogen-bond acceptors (Lipinski definition) is 3. The Balaban J connectivity index is 1.48. The lowest BCUT2D eigenvalue weighted by Crippen LogP contribution is -2.38. The van der Waals surface area contributed by atoms with E-state index in [0.29, 0.717) is 12.5 Å². The number of nitrogens with one attached hydrogen (secondary N) is 1. The molecule has 19 heavy (non-hydrogen) atoms. The molecule has 1 amide bonds. The molecule has 0 aliphatic carbocycles. The summed E-state index contributed by atoms with van der Waals surface area (Å²) in [6, 6.07) is 0.350. The van der Waals surface area contributed by atoms with Gasteiger partial charge in [0, 0.05) is 25.7 Å². The predicted molar refractivity (Wildman–Crippen MR) is 76.1 cm³/mol. The van der Waals surface area contributed by atoms with Crippen LogP contribution in [0.4, 0.5) is 0 Å². The monoisotopic (exact) mass is 268 g/mol. The van der Waals surface area contributed by atoms with Gasteiger partial charge in [0.1, 0.15) is 0 Å². The van der Waals surface area contributed by atoms with Gasteiger partial charge in [-0.2, -0.15) is 0 Å². The van der Waals surface area contributed by atoms with Crippen LogP contribution in [0.2, 0.25) is 0 Å². The molecule has 110 valence electrons. The predicted octanol–water partition coefficient (Wildman–Crippen LogP) is 1.94. The Hall–Kier alpha value is -0.610. The van der Waals surface area contributed by atoms with Gasteiger partial charge in [0.25, 0.3) is 0 Å². The Labute approximate surface area is 116 Å². The summed E-state index contributed by atoms with van der Waals surface area (Å²) in [5.74, 6) is 0.227. The lowest BCUT2D eigenvalue weighted by Gasteiger charge is -2.26. The minimum Gasteiger partial charge on any atom is -0.381 e. The zero-order valence-electron chi connectivity index (χ0n) is 12.0. The molecule has 2 fully saturated rings. The van der Waals surface area contributed by atoms with E-state index in [0.717, 1.165) is 38.9 Å². The number of rotatable bonds is 6. The molecule has 0 aromatic carbocycles. The third-order valence-electron chi connectivity index (χ3n) is 4.16. The second-order valence-corrected chi connectivity index (χ2v) is 5.81. The highest BCUT2D eigenvalue weighted by Gasteiger charge is 2.15. The highest BCUT2D eigenvalue weighted by atomic mass is 16.5. The number of carbonyl (C=O) groups is 1. The molecular formula is C15H28N2O2. The van der Waals surface area contributed by atoms with Gasteiger partial charge in [0.15, 0.2) is 0 Å². The van der Waals surface area contributed by atoms with Crippen LogP contribution >= 0.6 is 0 Å². The van der Waals surface area contributed by atoms with Gasteiger partial charge in [-0.05, 0) is 58.2 Å². The Morgan fingerprint density at radius 1 is 1.11 bits per heavy atom. The van der Waals surface area contributed by atoms with Gasteiger partial charge >= 0.3 is 0 Å². The fraction of sp³-hybridized carbons (Fsp3) is 0.933. The van der Waals surface area contributed by atoms with Crippen LogP contribution in [0.1, 0.15) is 51.4 Å². The maximum absolute atomic E-state index is 11.8. The number of carbonyl (C=O) groups excluding carboxylic acids is 1. The molecular weight excluding hydrogens is 240 g/mol. The molecule has 2 saturated heterocycles. The van der Waals surface area contributed by atoms with Gasteiger partial charge in [-0.3, -0.25) is 4.79 Å². The molecule has 0 saturated carbocycles. The van der Waals surface area contributed by atoms with Crippen LogP contribution in [0.3, 0.4) is 0 Å². The molecule has 2 heterocycles. The molecule has 4 nitrogen and oxygen atoms in total. The van der Waals surface area contributed by atoms with Crippen LogP contribution < -0.4 is 5.32 Å². The molecule has 2 rings (SSSR count). The topological polar surface area (TPSA) is 41.6 Å². The standard InChI is InChI=1S/C15H28N2O2/c18-15(16-14-7-12-19-13-8-14)6-2-5-11-17-9-3-1-4-10-17/h14H,1-13H2,(H,16,18). The van der Waals surface area contributed by atoms with E-state index in [1.165, 1.54) is 38.9 Å². The van der Waals surface area contributed by atoms with E-state index in [9.17, 15) is 4.79 Å². The van der Waals surface area contributed by atoms with E-state index in [-0.39, 0.29) is 5.91 Å². The molecule has 0 radical (unpaired) electrons.